The zero-order chi connectivity index (χ0) is 10.1. The maximum absolute atomic E-state index is 11.4. The molecular weight excluding hydrogens is 180 g/mol. The van der Waals surface area contributed by atoms with Crippen LogP contribution in [0, 0.1) is 0 Å². The largest absolute Gasteiger partial charge is 0.347 e. The monoisotopic (exact) mass is 189 g/mol. The third-order valence-electron chi connectivity index (χ3n) is 2.24. The van der Waals surface area contributed by atoms with Gasteiger partial charge in [-0.1, -0.05) is 30.3 Å². The number of carbonyl (C=O) groups is 2. The summed E-state index contributed by atoms with van der Waals surface area (Å²) in [6, 6.07) is 8.15. The van der Waals surface area contributed by atoms with Crippen molar-refractivity contribution < 1.29 is 9.59 Å². The average molecular weight is 189 g/mol. The molecular formula is C10H9N2O2. The van der Waals surface area contributed by atoms with Crippen LogP contribution < -0.4 is 5.32 Å². The number of rotatable bonds is 1. The van der Waals surface area contributed by atoms with Gasteiger partial charge in [-0.2, -0.15) is 5.32 Å². The number of carbonyl (C=O) groups excluding carboxylic acids is 2. The summed E-state index contributed by atoms with van der Waals surface area (Å²) in [5, 5.41) is 3.38. The van der Waals surface area contributed by atoms with Crippen molar-refractivity contribution in [1.82, 2.24) is 10.2 Å². The molecule has 1 radical (unpaired) electrons. The van der Waals surface area contributed by atoms with Crippen molar-refractivity contribution in [3.8, 4) is 0 Å². The second-order valence-electron chi connectivity index (χ2n) is 3.16. The van der Waals surface area contributed by atoms with E-state index in [0.29, 0.717) is 0 Å². The molecule has 1 aliphatic rings. The van der Waals surface area contributed by atoms with Crippen LogP contribution >= 0.6 is 0 Å². The molecule has 71 valence electrons. The molecule has 0 spiro atoms. The second-order valence-corrected chi connectivity index (χ2v) is 3.16. The molecule has 1 saturated heterocycles. The van der Waals surface area contributed by atoms with Crippen LogP contribution in [0.3, 0.4) is 0 Å². The molecule has 0 saturated carbocycles. The van der Waals surface area contributed by atoms with Gasteiger partial charge in [-0.3, -0.25) is 4.79 Å². The Hall–Kier alpha value is -1.84. The molecule has 4 nitrogen and oxygen atoms in total. The van der Waals surface area contributed by atoms with Gasteiger partial charge in [0.25, 0.3) is 5.91 Å². The minimum Gasteiger partial charge on any atom is -0.310 e. The van der Waals surface area contributed by atoms with Crippen molar-refractivity contribution in [2.45, 2.75) is 6.04 Å². The Labute approximate surface area is 81.5 Å². The summed E-state index contributed by atoms with van der Waals surface area (Å²) in [7, 11) is 1.58. The molecule has 3 amide bonds. The lowest BCUT2D eigenvalue weighted by molar-refractivity contribution is -0.121. The zero-order valence-corrected chi connectivity index (χ0v) is 7.68. The number of nitrogens with zero attached hydrogens (tertiary/aromatic N) is 2. The van der Waals surface area contributed by atoms with Crippen LogP contribution in [0.15, 0.2) is 30.3 Å². The Bertz CT molecular complexity index is 375. The SMILES string of the molecule is CN1C(=O)[N]C(=O)C1c1ccccc1. The Morgan fingerprint density at radius 2 is 1.86 bits per heavy atom. The molecule has 14 heavy (non-hydrogen) atoms. The van der Waals surface area contributed by atoms with Gasteiger partial charge in [0.05, 0.1) is 0 Å². The molecule has 0 aromatic heterocycles. The molecule has 1 aromatic carbocycles. The fourth-order valence-electron chi connectivity index (χ4n) is 1.51. The number of likely N-dealkylation sites (N-methyl/N-ethyl adjacent to an activating group) is 1. The second kappa shape index (κ2) is 3.14. The third-order valence-corrected chi connectivity index (χ3v) is 2.24. The summed E-state index contributed by atoms with van der Waals surface area (Å²) >= 11 is 0. The smallest absolute Gasteiger partial charge is 0.310 e. The predicted octanol–water partition coefficient (Wildman–Crippen LogP) is 0.924. The number of benzene rings is 1. The minimum absolute atomic E-state index is 0.385. The lowest BCUT2D eigenvalue weighted by atomic mass is 10.1. The van der Waals surface area contributed by atoms with E-state index >= 15 is 0 Å². The van der Waals surface area contributed by atoms with Gasteiger partial charge in [0.1, 0.15) is 6.04 Å². The van der Waals surface area contributed by atoms with Gasteiger partial charge in [0.15, 0.2) is 0 Å². The summed E-state index contributed by atoms with van der Waals surface area (Å²) in [6.45, 7) is 0. The summed E-state index contributed by atoms with van der Waals surface area (Å²) in [6.07, 6.45) is 0. The van der Waals surface area contributed by atoms with E-state index in [0.717, 1.165) is 5.56 Å². The predicted molar refractivity (Wildman–Crippen MR) is 49.5 cm³/mol. The van der Waals surface area contributed by atoms with Gasteiger partial charge >= 0.3 is 6.03 Å². The van der Waals surface area contributed by atoms with Gasteiger partial charge in [0.2, 0.25) is 0 Å². The number of hydrogen-bond donors (Lipinski definition) is 0. The summed E-state index contributed by atoms with van der Waals surface area (Å²) in [5.74, 6) is -0.385. The van der Waals surface area contributed by atoms with Crippen molar-refractivity contribution >= 4 is 11.9 Å². The van der Waals surface area contributed by atoms with E-state index in [1.165, 1.54) is 4.90 Å². The first-order valence-corrected chi connectivity index (χ1v) is 4.27. The van der Waals surface area contributed by atoms with Crippen molar-refractivity contribution in [3.05, 3.63) is 35.9 Å². The van der Waals surface area contributed by atoms with Crippen LogP contribution in [0.25, 0.3) is 0 Å². The highest BCUT2D eigenvalue weighted by molar-refractivity contribution is 6.04. The molecule has 0 bridgehead atoms. The fourth-order valence-corrected chi connectivity index (χ4v) is 1.51. The lowest BCUT2D eigenvalue weighted by Crippen LogP contribution is -2.23. The van der Waals surface area contributed by atoms with Gasteiger partial charge in [-0.05, 0) is 5.56 Å². The van der Waals surface area contributed by atoms with Crippen LogP contribution in [0.2, 0.25) is 0 Å². The van der Waals surface area contributed by atoms with E-state index in [4.69, 9.17) is 0 Å². The first kappa shape index (κ1) is 8.74. The molecule has 1 atom stereocenters. The number of hydrogen-bond acceptors (Lipinski definition) is 2. The van der Waals surface area contributed by atoms with Crippen LogP contribution in [0.1, 0.15) is 11.6 Å². The van der Waals surface area contributed by atoms with Crippen molar-refractivity contribution in [2.24, 2.45) is 0 Å². The Morgan fingerprint density at radius 1 is 1.21 bits per heavy atom. The Balaban J connectivity index is 2.36. The summed E-state index contributed by atoms with van der Waals surface area (Å²) < 4.78 is 0. The maximum atomic E-state index is 11.4. The quantitative estimate of drug-likeness (QED) is 0.617. The standard InChI is InChI=1S/C10H9N2O2/c1-12-8(9(13)11-10(12)14)7-5-3-2-4-6-7/h2-6,8H,1H3. The highest BCUT2D eigenvalue weighted by atomic mass is 16.2. The van der Waals surface area contributed by atoms with Crippen molar-refractivity contribution in [2.75, 3.05) is 7.05 Å². The first-order valence-electron chi connectivity index (χ1n) is 4.27. The summed E-state index contributed by atoms with van der Waals surface area (Å²) in [4.78, 5) is 23.8. The molecule has 1 heterocycles. The topological polar surface area (TPSA) is 51.5 Å². The average Bonchev–Trinajstić information content (AvgIpc) is 2.43. The van der Waals surface area contributed by atoms with Gasteiger partial charge in [-0.25, -0.2) is 4.79 Å². The van der Waals surface area contributed by atoms with Crippen LogP contribution in [0.5, 0.6) is 0 Å². The highest BCUT2D eigenvalue weighted by Gasteiger charge is 2.38. The van der Waals surface area contributed by atoms with Gasteiger partial charge in [0, 0.05) is 7.05 Å². The molecule has 1 aromatic rings. The van der Waals surface area contributed by atoms with E-state index in [1.54, 1.807) is 7.05 Å². The molecule has 4 heteroatoms. The van der Waals surface area contributed by atoms with E-state index in [1.807, 2.05) is 30.3 Å². The Kier molecular flexibility index (Phi) is 1.96. The van der Waals surface area contributed by atoms with Crippen LogP contribution in [0.4, 0.5) is 4.79 Å². The van der Waals surface area contributed by atoms with E-state index < -0.39 is 12.1 Å². The van der Waals surface area contributed by atoms with Crippen molar-refractivity contribution in [1.29, 1.82) is 0 Å². The van der Waals surface area contributed by atoms with Gasteiger partial charge in [-0.15, -0.1) is 0 Å². The fraction of sp³-hybridized carbons (Fsp3) is 0.200. The number of imide groups is 1. The highest BCUT2D eigenvalue weighted by Crippen LogP contribution is 2.24. The lowest BCUT2D eigenvalue weighted by Gasteiger charge is -2.15. The zero-order valence-electron chi connectivity index (χ0n) is 7.68. The van der Waals surface area contributed by atoms with Crippen molar-refractivity contribution in [3.63, 3.8) is 0 Å². The summed E-state index contributed by atoms with van der Waals surface area (Å²) in [5.41, 5.74) is 0.801. The van der Waals surface area contributed by atoms with Gasteiger partial charge < -0.3 is 4.90 Å². The molecule has 1 fully saturated rings. The third kappa shape index (κ3) is 1.25. The Morgan fingerprint density at radius 3 is 2.36 bits per heavy atom. The molecule has 2 rings (SSSR count). The van der Waals surface area contributed by atoms with Crippen LogP contribution in [-0.2, 0) is 4.79 Å². The molecule has 0 aliphatic carbocycles. The maximum Gasteiger partial charge on any atom is 0.347 e. The first-order chi connectivity index (χ1) is 6.70. The number of urea groups is 1. The molecule has 1 unspecified atom stereocenters. The van der Waals surface area contributed by atoms with E-state index in [9.17, 15) is 9.59 Å². The molecule has 1 aliphatic heterocycles. The minimum atomic E-state index is -0.538. The number of amides is 3. The molecule has 0 N–H and O–H groups in total. The van der Waals surface area contributed by atoms with E-state index in [-0.39, 0.29) is 5.91 Å². The normalized spacial score (nSPS) is 21.2. The van der Waals surface area contributed by atoms with Crippen LogP contribution in [-0.4, -0.2) is 23.9 Å². The van der Waals surface area contributed by atoms with E-state index in [2.05, 4.69) is 5.32 Å².